The van der Waals surface area contributed by atoms with Crippen LogP contribution >= 0.6 is 23.4 Å². The average molecular weight is 329 g/mol. The van der Waals surface area contributed by atoms with Crippen molar-refractivity contribution in [3.05, 3.63) is 27.3 Å². The molecule has 0 saturated carbocycles. The van der Waals surface area contributed by atoms with E-state index in [4.69, 9.17) is 11.6 Å². The number of fused-ring (bicyclic) bond motifs is 2. The molecule has 0 aliphatic carbocycles. The van der Waals surface area contributed by atoms with E-state index in [2.05, 4.69) is 11.9 Å². The molecule has 0 amide bonds. The number of piperidine rings is 1. The van der Waals surface area contributed by atoms with Gasteiger partial charge in [0, 0.05) is 28.3 Å². The number of thioether (sulfide) groups is 1. The van der Waals surface area contributed by atoms with Gasteiger partial charge in [-0.25, -0.2) is 0 Å². The number of nitro groups is 1. The lowest BCUT2D eigenvalue weighted by Crippen LogP contribution is -2.40. The van der Waals surface area contributed by atoms with Crippen molar-refractivity contribution in [2.45, 2.75) is 47.9 Å². The summed E-state index contributed by atoms with van der Waals surface area (Å²) in [7, 11) is 2.19. The number of aromatic hydroxyl groups is 1. The fourth-order valence-corrected chi connectivity index (χ4v) is 5.05. The van der Waals surface area contributed by atoms with Gasteiger partial charge in [0.2, 0.25) is 5.75 Å². The quantitative estimate of drug-likeness (QED) is 0.677. The Morgan fingerprint density at radius 2 is 2.00 bits per heavy atom. The Hall–Kier alpha value is -0.980. The molecule has 2 atom stereocenters. The predicted molar refractivity (Wildman–Crippen MR) is 83.2 cm³/mol. The van der Waals surface area contributed by atoms with Gasteiger partial charge in [0.15, 0.2) is 0 Å². The summed E-state index contributed by atoms with van der Waals surface area (Å²) in [6.07, 6.45) is 4.70. The molecular formula is C14H17ClN2O3S. The number of phenols is 1. The first-order chi connectivity index (χ1) is 9.97. The maximum Gasteiger partial charge on any atom is 0.312 e. The summed E-state index contributed by atoms with van der Waals surface area (Å²) in [5.74, 6) is -0.428. The number of nitrogens with zero attached hydrogens (tertiary/aromatic N) is 2. The number of hydrogen-bond acceptors (Lipinski definition) is 5. The molecule has 2 heterocycles. The van der Waals surface area contributed by atoms with Crippen LogP contribution < -0.4 is 0 Å². The van der Waals surface area contributed by atoms with Crippen molar-refractivity contribution in [1.29, 1.82) is 0 Å². The molecule has 1 aromatic carbocycles. The van der Waals surface area contributed by atoms with Crippen molar-refractivity contribution in [3.8, 4) is 5.75 Å². The molecule has 7 heteroatoms. The van der Waals surface area contributed by atoms with Gasteiger partial charge >= 0.3 is 5.69 Å². The van der Waals surface area contributed by atoms with Crippen LogP contribution in [0.2, 0.25) is 5.02 Å². The van der Waals surface area contributed by atoms with E-state index < -0.39 is 10.7 Å². The summed E-state index contributed by atoms with van der Waals surface area (Å²) in [5.41, 5.74) is -0.340. The summed E-state index contributed by atoms with van der Waals surface area (Å²) in [4.78, 5) is 13.4. The van der Waals surface area contributed by atoms with Crippen molar-refractivity contribution in [3.63, 3.8) is 0 Å². The smallest absolute Gasteiger partial charge is 0.312 e. The summed E-state index contributed by atoms with van der Waals surface area (Å²) < 4.78 is 0. The topological polar surface area (TPSA) is 66.6 Å². The number of halogens is 1. The zero-order valence-electron chi connectivity index (χ0n) is 11.7. The second-order valence-corrected chi connectivity index (χ2v) is 7.48. The summed E-state index contributed by atoms with van der Waals surface area (Å²) in [5, 5.41) is 21.2. The highest BCUT2D eigenvalue weighted by molar-refractivity contribution is 8.00. The normalized spacial score (nSPS) is 28.8. The Morgan fingerprint density at radius 3 is 2.57 bits per heavy atom. The van der Waals surface area contributed by atoms with E-state index in [0.29, 0.717) is 17.3 Å². The Balaban J connectivity index is 1.77. The Labute approximate surface area is 132 Å². The van der Waals surface area contributed by atoms with Crippen molar-refractivity contribution in [2.24, 2.45) is 0 Å². The van der Waals surface area contributed by atoms with Crippen LogP contribution in [-0.2, 0) is 0 Å². The maximum atomic E-state index is 10.8. The number of phenolic OH excluding ortho intramolecular Hbond substituents is 1. The molecule has 2 unspecified atom stereocenters. The zero-order valence-corrected chi connectivity index (χ0v) is 13.2. The molecule has 3 rings (SSSR count). The predicted octanol–water partition coefficient (Wildman–Crippen LogP) is 3.67. The maximum absolute atomic E-state index is 10.8. The second-order valence-electron chi connectivity index (χ2n) is 5.76. The molecule has 0 spiro atoms. The highest BCUT2D eigenvalue weighted by atomic mass is 35.5. The third-order valence-electron chi connectivity index (χ3n) is 4.60. The average Bonchev–Trinajstić information content (AvgIpc) is 2.66. The largest absolute Gasteiger partial charge is 0.501 e. The van der Waals surface area contributed by atoms with Gasteiger partial charge < -0.3 is 10.0 Å². The van der Waals surface area contributed by atoms with E-state index in [9.17, 15) is 15.2 Å². The van der Waals surface area contributed by atoms with Gasteiger partial charge in [0.05, 0.1) is 4.92 Å². The Morgan fingerprint density at radius 1 is 1.38 bits per heavy atom. The molecule has 2 fully saturated rings. The molecule has 5 nitrogen and oxygen atoms in total. The molecule has 1 N–H and O–H groups in total. The zero-order chi connectivity index (χ0) is 15.1. The van der Waals surface area contributed by atoms with Crippen molar-refractivity contribution >= 4 is 29.1 Å². The van der Waals surface area contributed by atoms with Crippen molar-refractivity contribution in [2.75, 3.05) is 7.05 Å². The first-order valence-electron chi connectivity index (χ1n) is 7.01. The van der Waals surface area contributed by atoms with Gasteiger partial charge in [-0.1, -0.05) is 11.6 Å². The van der Waals surface area contributed by atoms with E-state index in [1.807, 2.05) is 0 Å². The molecule has 21 heavy (non-hydrogen) atoms. The third-order valence-corrected chi connectivity index (χ3v) is 6.41. The lowest BCUT2D eigenvalue weighted by Gasteiger charge is -2.36. The van der Waals surface area contributed by atoms with Crippen LogP contribution in [0.25, 0.3) is 0 Å². The molecule has 2 bridgehead atoms. The minimum absolute atomic E-state index is 0.0977. The number of nitro benzene ring substituents is 1. The third kappa shape index (κ3) is 2.72. The Bertz CT molecular complexity index is 570. The molecule has 0 radical (unpaired) electrons. The second kappa shape index (κ2) is 5.66. The first-order valence-corrected chi connectivity index (χ1v) is 8.27. The highest BCUT2D eigenvalue weighted by Gasteiger charge is 2.39. The number of hydrogen-bond donors (Lipinski definition) is 1. The van der Waals surface area contributed by atoms with E-state index in [-0.39, 0.29) is 10.7 Å². The molecule has 0 aromatic heterocycles. The van der Waals surface area contributed by atoms with Crippen LogP contribution in [0.1, 0.15) is 25.7 Å². The fourth-order valence-electron chi connectivity index (χ4n) is 3.41. The van der Waals surface area contributed by atoms with Crippen LogP contribution in [0.4, 0.5) is 5.69 Å². The van der Waals surface area contributed by atoms with Crippen LogP contribution in [-0.4, -0.2) is 39.3 Å². The van der Waals surface area contributed by atoms with Crippen molar-refractivity contribution in [1.82, 2.24) is 4.90 Å². The molecule has 1 aromatic rings. The van der Waals surface area contributed by atoms with Crippen LogP contribution in [0.3, 0.4) is 0 Å². The van der Waals surface area contributed by atoms with Gasteiger partial charge in [0.1, 0.15) is 5.02 Å². The van der Waals surface area contributed by atoms with Crippen LogP contribution in [0.15, 0.2) is 17.0 Å². The summed E-state index contributed by atoms with van der Waals surface area (Å²) in [6.45, 7) is 0. The molecule has 2 aliphatic heterocycles. The summed E-state index contributed by atoms with van der Waals surface area (Å²) in [6, 6.07) is 4.23. The SMILES string of the molecule is CN1C2CCC1CC(Sc1ccc([N+](=O)[O-])c(O)c1Cl)C2. The first kappa shape index (κ1) is 14.9. The monoisotopic (exact) mass is 328 g/mol. The lowest BCUT2D eigenvalue weighted by molar-refractivity contribution is -0.385. The van der Waals surface area contributed by atoms with E-state index in [0.717, 1.165) is 17.7 Å². The van der Waals surface area contributed by atoms with E-state index in [1.54, 1.807) is 17.8 Å². The standard InChI is InChI=1S/C14H17ClN2O3S/c1-16-8-2-3-9(16)7-10(6-8)21-12-5-4-11(17(19)20)14(18)13(12)15/h4-5,8-10,18H,2-3,6-7H2,1H3. The van der Waals surface area contributed by atoms with Gasteiger partial charge in [-0.15, -0.1) is 11.8 Å². The number of rotatable bonds is 3. The Kier molecular flexibility index (Phi) is 4.03. The van der Waals surface area contributed by atoms with Gasteiger partial charge in [0.25, 0.3) is 0 Å². The minimum Gasteiger partial charge on any atom is -0.501 e. The van der Waals surface area contributed by atoms with Crippen LogP contribution in [0, 0.1) is 10.1 Å². The number of benzene rings is 1. The van der Waals surface area contributed by atoms with E-state index in [1.165, 1.54) is 18.9 Å². The summed E-state index contributed by atoms with van der Waals surface area (Å²) >= 11 is 7.73. The lowest BCUT2D eigenvalue weighted by atomic mass is 10.0. The molecule has 2 aliphatic rings. The minimum atomic E-state index is -0.620. The van der Waals surface area contributed by atoms with Crippen molar-refractivity contribution < 1.29 is 10.0 Å². The van der Waals surface area contributed by atoms with Gasteiger partial charge in [-0.3, -0.25) is 10.1 Å². The highest BCUT2D eigenvalue weighted by Crippen LogP contribution is 2.46. The molecule has 114 valence electrons. The van der Waals surface area contributed by atoms with Crippen LogP contribution in [0.5, 0.6) is 5.75 Å². The van der Waals surface area contributed by atoms with Gasteiger partial charge in [-0.05, 0) is 38.8 Å². The molecule has 2 saturated heterocycles. The van der Waals surface area contributed by atoms with E-state index >= 15 is 0 Å². The molecular weight excluding hydrogens is 312 g/mol. The fraction of sp³-hybridized carbons (Fsp3) is 0.571. The van der Waals surface area contributed by atoms with Gasteiger partial charge in [-0.2, -0.15) is 0 Å².